The SMILES string of the molecule is CN=C(NCCCCSC)NCC(C)Oc1ccc(Cl)cc1.I. The van der Waals surface area contributed by atoms with E-state index >= 15 is 0 Å². The number of aliphatic imine (C=N–C) groups is 1. The number of hydrogen-bond acceptors (Lipinski definition) is 3. The summed E-state index contributed by atoms with van der Waals surface area (Å²) in [6.45, 7) is 3.65. The Morgan fingerprint density at radius 2 is 1.96 bits per heavy atom. The second-order valence-electron chi connectivity index (χ2n) is 4.96. The largest absolute Gasteiger partial charge is 0.489 e. The Morgan fingerprint density at radius 3 is 2.57 bits per heavy atom. The summed E-state index contributed by atoms with van der Waals surface area (Å²) in [5.74, 6) is 2.84. The number of nitrogens with zero attached hydrogens (tertiary/aromatic N) is 1. The molecular formula is C16H27ClIN3OS. The second-order valence-corrected chi connectivity index (χ2v) is 6.38. The molecule has 0 aliphatic heterocycles. The second kappa shape index (κ2) is 14.0. The molecule has 132 valence electrons. The number of benzene rings is 1. The number of hydrogen-bond donors (Lipinski definition) is 2. The van der Waals surface area contributed by atoms with E-state index in [0.29, 0.717) is 11.6 Å². The number of thioether (sulfide) groups is 1. The number of nitrogens with one attached hydrogen (secondary N) is 2. The third kappa shape index (κ3) is 10.9. The fraction of sp³-hybridized carbons (Fsp3) is 0.562. The lowest BCUT2D eigenvalue weighted by atomic mass is 10.3. The van der Waals surface area contributed by atoms with Crippen molar-refractivity contribution in [3.8, 4) is 5.75 Å². The number of ether oxygens (including phenoxy) is 1. The molecular weight excluding hydrogens is 445 g/mol. The van der Waals surface area contributed by atoms with Crippen LogP contribution in [0.3, 0.4) is 0 Å². The average Bonchev–Trinajstić information content (AvgIpc) is 2.52. The van der Waals surface area contributed by atoms with Crippen LogP contribution in [0.4, 0.5) is 0 Å². The fourth-order valence-corrected chi connectivity index (χ4v) is 2.45. The molecule has 0 fully saturated rings. The van der Waals surface area contributed by atoms with Crippen LogP contribution in [-0.4, -0.2) is 44.2 Å². The molecule has 2 N–H and O–H groups in total. The molecule has 0 amide bonds. The molecule has 23 heavy (non-hydrogen) atoms. The Morgan fingerprint density at radius 1 is 1.26 bits per heavy atom. The van der Waals surface area contributed by atoms with E-state index in [-0.39, 0.29) is 30.1 Å². The van der Waals surface area contributed by atoms with Crippen molar-refractivity contribution in [3.63, 3.8) is 0 Å². The van der Waals surface area contributed by atoms with Crippen molar-refractivity contribution in [1.29, 1.82) is 0 Å². The standard InChI is InChI=1S/C16H26ClN3OS.HI/c1-13(21-15-8-6-14(17)7-9-15)12-20-16(18-2)19-10-4-5-11-22-3;/h6-9,13H,4-5,10-12H2,1-3H3,(H2,18,19,20);1H. The summed E-state index contributed by atoms with van der Waals surface area (Å²) < 4.78 is 5.82. The van der Waals surface area contributed by atoms with Gasteiger partial charge in [-0.05, 0) is 56.0 Å². The Balaban J connectivity index is 0.00000484. The third-order valence-corrected chi connectivity index (χ3v) is 3.95. The number of guanidine groups is 1. The van der Waals surface area contributed by atoms with Crippen LogP contribution < -0.4 is 15.4 Å². The predicted molar refractivity (Wildman–Crippen MR) is 114 cm³/mol. The summed E-state index contributed by atoms with van der Waals surface area (Å²) in [6, 6.07) is 7.40. The van der Waals surface area contributed by atoms with Crippen molar-refractivity contribution in [2.45, 2.75) is 25.9 Å². The van der Waals surface area contributed by atoms with Gasteiger partial charge in [-0.15, -0.1) is 24.0 Å². The lowest BCUT2D eigenvalue weighted by Gasteiger charge is -2.17. The summed E-state index contributed by atoms with van der Waals surface area (Å²) in [6.07, 6.45) is 4.55. The zero-order chi connectivity index (χ0) is 16.2. The van der Waals surface area contributed by atoms with Crippen LogP contribution in [0.15, 0.2) is 29.3 Å². The smallest absolute Gasteiger partial charge is 0.191 e. The van der Waals surface area contributed by atoms with Crippen LogP contribution in [0.2, 0.25) is 5.02 Å². The molecule has 0 spiro atoms. The Labute approximate surface area is 166 Å². The Bertz CT molecular complexity index is 445. The van der Waals surface area contributed by atoms with Crippen molar-refractivity contribution in [2.24, 2.45) is 4.99 Å². The number of halogens is 2. The summed E-state index contributed by atoms with van der Waals surface area (Å²) in [5, 5.41) is 7.30. The minimum atomic E-state index is 0. The maximum Gasteiger partial charge on any atom is 0.191 e. The highest BCUT2D eigenvalue weighted by molar-refractivity contribution is 14.0. The van der Waals surface area contributed by atoms with Crippen LogP contribution in [-0.2, 0) is 0 Å². The van der Waals surface area contributed by atoms with E-state index < -0.39 is 0 Å². The van der Waals surface area contributed by atoms with Crippen molar-refractivity contribution in [1.82, 2.24) is 10.6 Å². The van der Waals surface area contributed by atoms with Gasteiger partial charge in [-0.1, -0.05) is 11.6 Å². The van der Waals surface area contributed by atoms with E-state index in [0.717, 1.165) is 24.7 Å². The molecule has 0 heterocycles. The van der Waals surface area contributed by atoms with Gasteiger partial charge >= 0.3 is 0 Å². The fourth-order valence-electron chi connectivity index (χ4n) is 1.83. The molecule has 1 aromatic carbocycles. The molecule has 1 unspecified atom stereocenters. The molecule has 1 atom stereocenters. The molecule has 0 aliphatic rings. The van der Waals surface area contributed by atoms with E-state index in [2.05, 4.69) is 21.9 Å². The molecule has 1 aromatic rings. The molecule has 0 bridgehead atoms. The van der Waals surface area contributed by atoms with E-state index in [4.69, 9.17) is 16.3 Å². The molecule has 0 saturated carbocycles. The monoisotopic (exact) mass is 471 g/mol. The summed E-state index contributed by atoms with van der Waals surface area (Å²) in [4.78, 5) is 4.21. The first-order valence-corrected chi connectivity index (χ1v) is 9.28. The maximum atomic E-state index is 5.86. The lowest BCUT2D eigenvalue weighted by Crippen LogP contribution is -2.42. The van der Waals surface area contributed by atoms with Crippen molar-refractivity contribution in [2.75, 3.05) is 32.1 Å². The first-order valence-electron chi connectivity index (χ1n) is 7.51. The van der Waals surface area contributed by atoms with Crippen LogP contribution in [0.25, 0.3) is 0 Å². The van der Waals surface area contributed by atoms with Gasteiger partial charge in [-0.2, -0.15) is 11.8 Å². The lowest BCUT2D eigenvalue weighted by molar-refractivity contribution is 0.224. The van der Waals surface area contributed by atoms with Crippen LogP contribution in [0.1, 0.15) is 19.8 Å². The quantitative estimate of drug-likeness (QED) is 0.247. The van der Waals surface area contributed by atoms with E-state index in [1.165, 1.54) is 12.2 Å². The van der Waals surface area contributed by atoms with E-state index in [9.17, 15) is 0 Å². The molecule has 1 rings (SSSR count). The minimum absolute atomic E-state index is 0. The maximum absolute atomic E-state index is 5.86. The first kappa shape index (κ1) is 22.7. The molecule has 4 nitrogen and oxygen atoms in total. The summed E-state index contributed by atoms with van der Waals surface area (Å²) >= 11 is 7.74. The van der Waals surface area contributed by atoms with Gasteiger partial charge in [-0.25, -0.2) is 0 Å². The van der Waals surface area contributed by atoms with Gasteiger partial charge in [0.25, 0.3) is 0 Å². The number of unbranched alkanes of at least 4 members (excludes halogenated alkanes) is 1. The van der Waals surface area contributed by atoms with Crippen LogP contribution in [0.5, 0.6) is 5.75 Å². The van der Waals surface area contributed by atoms with Gasteiger partial charge < -0.3 is 15.4 Å². The molecule has 0 saturated heterocycles. The molecule has 0 aromatic heterocycles. The zero-order valence-electron chi connectivity index (χ0n) is 14.0. The molecule has 0 aliphatic carbocycles. The summed E-state index contributed by atoms with van der Waals surface area (Å²) in [5.41, 5.74) is 0. The van der Waals surface area contributed by atoms with Gasteiger partial charge in [0.15, 0.2) is 5.96 Å². The first-order chi connectivity index (χ1) is 10.7. The normalized spacial score (nSPS) is 12.3. The van der Waals surface area contributed by atoms with Gasteiger partial charge in [0.1, 0.15) is 11.9 Å². The van der Waals surface area contributed by atoms with Gasteiger partial charge in [-0.3, -0.25) is 4.99 Å². The number of rotatable bonds is 9. The van der Waals surface area contributed by atoms with E-state index in [1.807, 2.05) is 43.0 Å². The molecule has 0 radical (unpaired) electrons. The van der Waals surface area contributed by atoms with Gasteiger partial charge in [0.05, 0.1) is 6.54 Å². The average molecular weight is 472 g/mol. The Kier molecular flexibility index (Phi) is 13.8. The topological polar surface area (TPSA) is 45.7 Å². The van der Waals surface area contributed by atoms with Crippen molar-refractivity contribution >= 4 is 53.3 Å². The highest BCUT2D eigenvalue weighted by Gasteiger charge is 2.05. The zero-order valence-corrected chi connectivity index (χ0v) is 17.9. The van der Waals surface area contributed by atoms with Gasteiger partial charge in [0, 0.05) is 18.6 Å². The van der Waals surface area contributed by atoms with Crippen molar-refractivity contribution in [3.05, 3.63) is 29.3 Å². The Hall–Kier alpha value is -0.340. The summed E-state index contributed by atoms with van der Waals surface area (Å²) in [7, 11) is 1.78. The molecule has 7 heteroatoms. The van der Waals surface area contributed by atoms with Gasteiger partial charge in [0.2, 0.25) is 0 Å². The highest BCUT2D eigenvalue weighted by Crippen LogP contribution is 2.16. The van der Waals surface area contributed by atoms with Crippen LogP contribution in [0, 0.1) is 0 Å². The van der Waals surface area contributed by atoms with E-state index in [1.54, 1.807) is 7.05 Å². The predicted octanol–water partition coefficient (Wildman–Crippen LogP) is 4.03. The third-order valence-electron chi connectivity index (χ3n) is 3.00. The van der Waals surface area contributed by atoms with Crippen molar-refractivity contribution < 1.29 is 4.74 Å². The minimum Gasteiger partial charge on any atom is -0.489 e. The van der Waals surface area contributed by atoms with Crippen LogP contribution >= 0.6 is 47.3 Å². The highest BCUT2D eigenvalue weighted by atomic mass is 127.